The lowest BCUT2D eigenvalue weighted by molar-refractivity contribution is -0.166. The molecule has 0 rings (SSSR count). The molecule has 0 N–H and O–H groups in total. The Balaban J connectivity index is 4.85. The number of ether oxygens (including phenoxy) is 1. The van der Waals surface area contributed by atoms with Gasteiger partial charge in [0.05, 0.1) is 11.8 Å². The van der Waals surface area contributed by atoms with Crippen LogP contribution in [-0.4, -0.2) is 23.5 Å². The number of Topliss-reactive ketones (excluding diaryl/α,β-unsaturated/α-hetero) is 2. The molecule has 0 aromatic heterocycles. The second kappa shape index (κ2) is 13.2. The summed E-state index contributed by atoms with van der Waals surface area (Å²) in [5.74, 6) is -2.30. The molecule has 2 atom stereocenters. The monoisotopic (exact) mass is 378 g/mol. The Kier molecular flexibility index (Phi) is 12.2. The summed E-state index contributed by atoms with van der Waals surface area (Å²) >= 11 is 0. The maximum atomic E-state index is 12.4. The zero-order valence-corrected chi connectivity index (χ0v) is 17.3. The molecule has 0 aliphatic rings. The molecule has 0 aromatic rings. The van der Waals surface area contributed by atoms with E-state index < -0.39 is 23.8 Å². The summed E-state index contributed by atoms with van der Waals surface area (Å²) in [5.41, 5.74) is 0.916. The molecule has 5 heteroatoms. The third-order valence-corrected chi connectivity index (χ3v) is 4.53. The number of carbonyl (C=O) groups is 4. The Labute approximate surface area is 163 Å². The third kappa shape index (κ3) is 10.0. The minimum atomic E-state index is -0.580. The van der Waals surface area contributed by atoms with Gasteiger partial charge in [-0.15, -0.1) is 0 Å². The van der Waals surface area contributed by atoms with Crippen LogP contribution < -0.4 is 0 Å². The third-order valence-electron chi connectivity index (χ3n) is 4.53. The average molecular weight is 379 g/mol. The molecule has 0 saturated carbocycles. The fourth-order valence-electron chi connectivity index (χ4n) is 2.76. The first-order chi connectivity index (χ1) is 12.6. The fourth-order valence-corrected chi connectivity index (χ4v) is 2.76. The van der Waals surface area contributed by atoms with Crippen molar-refractivity contribution in [3.8, 4) is 0 Å². The standard InChI is InChI=1S/C22H34O5/c1-7-9-17(11-13-19(23)15(3)4)21(25)27-22(26)18(10-8-2)12-14-20(24)16(5)6/h17-18H,3,5,7-14H2,1-2,4,6H3. The van der Waals surface area contributed by atoms with Crippen molar-refractivity contribution in [1.82, 2.24) is 0 Å². The van der Waals surface area contributed by atoms with E-state index in [4.69, 9.17) is 4.74 Å². The number of ketones is 2. The van der Waals surface area contributed by atoms with E-state index in [1.807, 2.05) is 13.8 Å². The molecular formula is C22H34O5. The lowest BCUT2D eigenvalue weighted by Gasteiger charge is -2.18. The van der Waals surface area contributed by atoms with Crippen molar-refractivity contribution in [2.75, 3.05) is 0 Å². The maximum absolute atomic E-state index is 12.4. The summed E-state index contributed by atoms with van der Waals surface area (Å²) in [4.78, 5) is 48.3. The van der Waals surface area contributed by atoms with Crippen molar-refractivity contribution in [2.24, 2.45) is 11.8 Å². The van der Waals surface area contributed by atoms with Crippen molar-refractivity contribution in [3.63, 3.8) is 0 Å². The smallest absolute Gasteiger partial charge is 0.316 e. The molecule has 2 unspecified atom stereocenters. The number of rotatable bonds is 14. The molecule has 0 bridgehead atoms. The van der Waals surface area contributed by atoms with E-state index in [2.05, 4.69) is 13.2 Å². The van der Waals surface area contributed by atoms with Gasteiger partial charge in [-0.1, -0.05) is 39.8 Å². The second-order valence-corrected chi connectivity index (χ2v) is 7.20. The predicted molar refractivity (Wildman–Crippen MR) is 106 cm³/mol. The van der Waals surface area contributed by atoms with Gasteiger partial charge in [0.15, 0.2) is 11.6 Å². The predicted octanol–water partition coefficient (Wildman–Crippen LogP) is 4.74. The first-order valence-corrected chi connectivity index (χ1v) is 9.76. The maximum Gasteiger partial charge on any atom is 0.316 e. The molecule has 0 amide bonds. The van der Waals surface area contributed by atoms with Crippen LogP contribution in [0, 0.1) is 11.8 Å². The highest BCUT2D eigenvalue weighted by atomic mass is 16.6. The van der Waals surface area contributed by atoms with Crippen LogP contribution in [0.4, 0.5) is 0 Å². The van der Waals surface area contributed by atoms with Gasteiger partial charge in [-0.2, -0.15) is 0 Å². The lowest BCUT2D eigenvalue weighted by atomic mass is 9.94. The highest BCUT2D eigenvalue weighted by Crippen LogP contribution is 2.21. The summed E-state index contributed by atoms with van der Waals surface area (Å²) < 4.78 is 5.12. The van der Waals surface area contributed by atoms with Gasteiger partial charge < -0.3 is 4.74 Å². The van der Waals surface area contributed by atoms with Crippen molar-refractivity contribution in [1.29, 1.82) is 0 Å². The Bertz CT molecular complexity index is 523. The van der Waals surface area contributed by atoms with Crippen LogP contribution in [0.15, 0.2) is 24.3 Å². The second-order valence-electron chi connectivity index (χ2n) is 7.20. The molecular weight excluding hydrogens is 344 g/mol. The molecule has 0 aliphatic carbocycles. The molecule has 0 radical (unpaired) electrons. The topological polar surface area (TPSA) is 77.5 Å². The number of esters is 2. The van der Waals surface area contributed by atoms with Crippen molar-refractivity contribution in [3.05, 3.63) is 24.3 Å². The van der Waals surface area contributed by atoms with Gasteiger partial charge in [0, 0.05) is 12.8 Å². The Morgan fingerprint density at radius 2 is 1.04 bits per heavy atom. The van der Waals surface area contributed by atoms with Gasteiger partial charge in [-0.05, 0) is 50.7 Å². The first kappa shape index (κ1) is 25.0. The van der Waals surface area contributed by atoms with Gasteiger partial charge >= 0.3 is 11.9 Å². The summed E-state index contributed by atoms with van der Waals surface area (Å²) in [6.45, 7) is 14.4. The van der Waals surface area contributed by atoms with Crippen LogP contribution in [-0.2, 0) is 23.9 Å². The van der Waals surface area contributed by atoms with Crippen LogP contribution in [0.2, 0.25) is 0 Å². The summed E-state index contributed by atoms with van der Waals surface area (Å²) in [7, 11) is 0. The minimum Gasteiger partial charge on any atom is -0.393 e. The quantitative estimate of drug-likeness (QED) is 0.248. The Morgan fingerprint density at radius 3 is 1.30 bits per heavy atom. The van der Waals surface area contributed by atoms with Crippen LogP contribution >= 0.6 is 0 Å². The molecule has 0 fully saturated rings. The lowest BCUT2D eigenvalue weighted by Crippen LogP contribution is -2.27. The van der Waals surface area contributed by atoms with E-state index in [0.29, 0.717) is 36.8 Å². The van der Waals surface area contributed by atoms with Crippen molar-refractivity contribution < 1.29 is 23.9 Å². The molecule has 0 spiro atoms. The van der Waals surface area contributed by atoms with Crippen LogP contribution in [0.1, 0.15) is 79.1 Å². The summed E-state index contributed by atoms with van der Waals surface area (Å²) in [6.07, 6.45) is 3.74. The van der Waals surface area contributed by atoms with Gasteiger partial charge in [0.25, 0.3) is 0 Å². The number of hydrogen-bond acceptors (Lipinski definition) is 5. The van der Waals surface area contributed by atoms with E-state index in [0.717, 1.165) is 12.8 Å². The van der Waals surface area contributed by atoms with Gasteiger partial charge in [-0.3, -0.25) is 19.2 Å². The van der Waals surface area contributed by atoms with Crippen LogP contribution in [0.5, 0.6) is 0 Å². The average Bonchev–Trinajstić information content (AvgIpc) is 2.60. The molecule has 0 saturated heterocycles. The number of hydrogen-bond donors (Lipinski definition) is 0. The van der Waals surface area contributed by atoms with Gasteiger partial charge in [0.1, 0.15) is 0 Å². The van der Waals surface area contributed by atoms with Gasteiger partial charge in [0.2, 0.25) is 0 Å². The molecule has 5 nitrogen and oxygen atoms in total. The molecule has 0 aliphatic heterocycles. The van der Waals surface area contributed by atoms with E-state index in [1.165, 1.54) is 0 Å². The summed E-state index contributed by atoms with van der Waals surface area (Å²) in [5, 5.41) is 0. The molecule has 0 aromatic carbocycles. The van der Waals surface area contributed by atoms with Crippen LogP contribution in [0.25, 0.3) is 0 Å². The van der Waals surface area contributed by atoms with Crippen LogP contribution in [0.3, 0.4) is 0 Å². The number of allylic oxidation sites excluding steroid dienone is 2. The van der Waals surface area contributed by atoms with E-state index >= 15 is 0 Å². The van der Waals surface area contributed by atoms with Gasteiger partial charge in [-0.25, -0.2) is 0 Å². The summed E-state index contributed by atoms with van der Waals surface area (Å²) in [6, 6.07) is 0. The zero-order chi connectivity index (χ0) is 21.0. The molecule has 152 valence electrons. The Hall–Kier alpha value is -2.04. The Morgan fingerprint density at radius 1 is 0.704 bits per heavy atom. The van der Waals surface area contributed by atoms with E-state index in [1.54, 1.807) is 13.8 Å². The van der Waals surface area contributed by atoms with E-state index in [-0.39, 0.29) is 24.4 Å². The number of carbonyl (C=O) groups excluding carboxylic acids is 4. The largest absolute Gasteiger partial charge is 0.393 e. The highest BCUT2D eigenvalue weighted by Gasteiger charge is 2.27. The molecule has 0 heterocycles. The molecule has 27 heavy (non-hydrogen) atoms. The first-order valence-electron chi connectivity index (χ1n) is 9.76. The normalized spacial score (nSPS) is 12.7. The zero-order valence-electron chi connectivity index (χ0n) is 17.3. The van der Waals surface area contributed by atoms with E-state index in [9.17, 15) is 19.2 Å². The van der Waals surface area contributed by atoms with Crippen molar-refractivity contribution in [2.45, 2.75) is 79.1 Å². The fraction of sp³-hybridized carbons (Fsp3) is 0.636. The van der Waals surface area contributed by atoms with Crippen molar-refractivity contribution >= 4 is 23.5 Å². The SMILES string of the molecule is C=C(C)C(=O)CCC(CCC)C(=O)OC(=O)C(CCC)CCC(=O)C(=C)C. The highest BCUT2D eigenvalue weighted by molar-refractivity contribution is 5.95. The minimum absolute atomic E-state index is 0.0857.